The molecule has 1 rings (SSSR count). The number of ether oxygens (including phenoxy) is 1. The summed E-state index contributed by atoms with van der Waals surface area (Å²) in [5.41, 5.74) is 0. The van der Waals surface area contributed by atoms with Crippen LogP contribution in [0.1, 0.15) is 20.8 Å². The number of pyridine rings is 1. The van der Waals surface area contributed by atoms with Crippen molar-refractivity contribution >= 4 is 29.0 Å². The van der Waals surface area contributed by atoms with Gasteiger partial charge in [-0.05, 0) is 18.9 Å². The Morgan fingerprint density at radius 2 is 1.88 bits per heavy atom. The lowest BCUT2D eigenvalue weighted by molar-refractivity contribution is 0.164. The quantitative estimate of drug-likeness (QED) is 0.895. The highest BCUT2D eigenvalue weighted by Crippen LogP contribution is 2.31. The summed E-state index contributed by atoms with van der Waals surface area (Å²) in [5.74, 6) is 1.38. The van der Waals surface area contributed by atoms with E-state index < -0.39 is 0 Å². The zero-order valence-corrected chi connectivity index (χ0v) is 11.4. The van der Waals surface area contributed by atoms with Crippen LogP contribution in [0, 0.1) is 5.92 Å². The number of halogens is 2. The molecule has 5 heteroatoms. The topological polar surface area (TPSA) is 34.2 Å². The maximum atomic E-state index is 6.01. The molecule has 3 nitrogen and oxygen atoms in total. The van der Waals surface area contributed by atoms with E-state index >= 15 is 0 Å². The number of rotatable bonds is 4. The molecule has 0 amide bonds. The maximum Gasteiger partial charge on any atom is 0.234 e. The maximum absolute atomic E-state index is 6.01. The van der Waals surface area contributed by atoms with Crippen molar-refractivity contribution in [2.75, 3.05) is 12.4 Å². The lowest BCUT2D eigenvalue weighted by atomic mass is 10.1. The van der Waals surface area contributed by atoms with Crippen LogP contribution in [-0.4, -0.2) is 18.1 Å². The first kappa shape index (κ1) is 13.4. The van der Waals surface area contributed by atoms with Crippen molar-refractivity contribution in [1.29, 1.82) is 0 Å². The first-order valence-electron chi connectivity index (χ1n) is 5.16. The Kier molecular flexibility index (Phi) is 4.69. The third kappa shape index (κ3) is 3.16. The summed E-state index contributed by atoms with van der Waals surface area (Å²) in [7, 11) is 1.75. The smallest absolute Gasteiger partial charge is 0.234 e. The van der Waals surface area contributed by atoms with Gasteiger partial charge in [0.15, 0.2) is 0 Å². The van der Waals surface area contributed by atoms with Gasteiger partial charge in [-0.2, -0.15) is 4.98 Å². The molecule has 1 atom stereocenters. The van der Waals surface area contributed by atoms with Crippen molar-refractivity contribution < 1.29 is 4.74 Å². The van der Waals surface area contributed by atoms with Gasteiger partial charge in [-0.25, -0.2) is 0 Å². The second-order valence-corrected chi connectivity index (χ2v) is 4.74. The largest absolute Gasteiger partial charge is 0.473 e. The minimum Gasteiger partial charge on any atom is -0.473 e. The Bertz CT molecular complexity index is 369. The van der Waals surface area contributed by atoms with Gasteiger partial charge in [-0.15, -0.1) is 0 Å². The summed E-state index contributed by atoms with van der Waals surface area (Å²) in [6.07, 6.45) is 0.0517. The van der Waals surface area contributed by atoms with Crippen LogP contribution in [0.25, 0.3) is 0 Å². The average Bonchev–Trinajstić information content (AvgIpc) is 2.21. The summed E-state index contributed by atoms with van der Waals surface area (Å²) in [6, 6.07) is 1.63. The molecule has 0 saturated heterocycles. The summed E-state index contributed by atoms with van der Waals surface area (Å²) in [6.45, 7) is 6.14. The SMILES string of the molecule is CNc1nc(OC(C)C(C)C)c(Cl)cc1Cl. The van der Waals surface area contributed by atoms with E-state index in [2.05, 4.69) is 24.1 Å². The molecule has 0 bridgehead atoms. The molecule has 1 aromatic rings. The molecule has 0 aromatic carbocycles. The van der Waals surface area contributed by atoms with Gasteiger partial charge in [0.2, 0.25) is 5.88 Å². The van der Waals surface area contributed by atoms with Crippen LogP contribution in [0.15, 0.2) is 6.07 Å². The van der Waals surface area contributed by atoms with Gasteiger partial charge in [-0.1, -0.05) is 37.0 Å². The van der Waals surface area contributed by atoms with Crippen LogP contribution in [0.5, 0.6) is 5.88 Å². The van der Waals surface area contributed by atoms with E-state index in [1.165, 1.54) is 0 Å². The zero-order valence-electron chi connectivity index (χ0n) is 9.84. The molecule has 0 fully saturated rings. The van der Waals surface area contributed by atoms with Gasteiger partial charge in [0.1, 0.15) is 10.8 Å². The third-order valence-corrected chi connectivity index (χ3v) is 2.93. The summed E-state index contributed by atoms with van der Waals surface area (Å²) >= 11 is 11.9. The van der Waals surface area contributed by atoms with Crippen LogP contribution >= 0.6 is 23.2 Å². The molecule has 0 aliphatic heterocycles. The number of hydrogen-bond donors (Lipinski definition) is 1. The Balaban J connectivity index is 2.96. The molecule has 0 aliphatic carbocycles. The molecular formula is C11H16Cl2N2O. The molecule has 0 spiro atoms. The van der Waals surface area contributed by atoms with E-state index in [1.807, 2.05) is 6.92 Å². The molecular weight excluding hydrogens is 247 g/mol. The van der Waals surface area contributed by atoms with Gasteiger partial charge < -0.3 is 10.1 Å². The highest BCUT2D eigenvalue weighted by Gasteiger charge is 2.14. The lowest BCUT2D eigenvalue weighted by Gasteiger charge is -2.18. The number of hydrogen-bond acceptors (Lipinski definition) is 3. The molecule has 90 valence electrons. The van der Waals surface area contributed by atoms with E-state index in [1.54, 1.807) is 13.1 Å². The van der Waals surface area contributed by atoms with E-state index in [-0.39, 0.29) is 6.10 Å². The molecule has 0 radical (unpaired) electrons. The molecule has 1 aromatic heterocycles. The highest BCUT2D eigenvalue weighted by molar-refractivity contribution is 6.36. The van der Waals surface area contributed by atoms with Gasteiger partial charge in [0.05, 0.1) is 11.1 Å². The lowest BCUT2D eigenvalue weighted by Crippen LogP contribution is -2.19. The van der Waals surface area contributed by atoms with Crippen LogP contribution in [0.3, 0.4) is 0 Å². The predicted molar refractivity (Wildman–Crippen MR) is 68.7 cm³/mol. The minimum atomic E-state index is 0.0517. The van der Waals surface area contributed by atoms with Crippen LogP contribution in [0.2, 0.25) is 10.0 Å². The van der Waals surface area contributed by atoms with Crippen molar-refractivity contribution in [2.45, 2.75) is 26.9 Å². The van der Waals surface area contributed by atoms with Crippen molar-refractivity contribution in [2.24, 2.45) is 5.92 Å². The van der Waals surface area contributed by atoms with Gasteiger partial charge in [-0.3, -0.25) is 0 Å². The zero-order chi connectivity index (χ0) is 12.3. The monoisotopic (exact) mass is 262 g/mol. The minimum absolute atomic E-state index is 0.0517. The van der Waals surface area contributed by atoms with E-state index in [0.717, 1.165) is 0 Å². The number of anilines is 1. The fraction of sp³-hybridized carbons (Fsp3) is 0.545. The van der Waals surface area contributed by atoms with Crippen molar-refractivity contribution in [3.05, 3.63) is 16.1 Å². The molecule has 1 N–H and O–H groups in total. The van der Waals surface area contributed by atoms with Gasteiger partial charge >= 0.3 is 0 Å². The second kappa shape index (κ2) is 5.60. The highest BCUT2D eigenvalue weighted by atomic mass is 35.5. The Hall–Kier alpha value is -0.670. The summed E-state index contributed by atoms with van der Waals surface area (Å²) in [4.78, 5) is 4.22. The van der Waals surface area contributed by atoms with Crippen molar-refractivity contribution in [3.63, 3.8) is 0 Å². The third-order valence-electron chi connectivity index (χ3n) is 2.37. The molecule has 1 heterocycles. The van der Waals surface area contributed by atoms with Crippen LogP contribution in [-0.2, 0) is 0 Å². The predicted octanol–water partition coefficient (Wildman–Crippen LogP) is 3.85. The van der Waals surface area contributed by atoms with E-state index in [9.17, 15) is 0 Å². The molecule has 0 aliphatic rings. The van der Waals surface area contributed by atoms with Crippen molar-refractivity contribution in [3.8, 4) is 5.88 Å². The van der Waals surface area contributed by atoms with Crippen LogP contribution in [0.4, 0.5) is 5.82 Å². The fourth-order valence-electron chi connectivity index (χ4n) is 1.02. The van der Waals surface area contributed by atoms with Gasteiger partial charge in [0.25, 0.3) is 0 Å². The summed E-state index contributed by atoms with van der Waals surface area (Å²) in [5, 5.41) is 3.79. The molecule has 16 heavy (non-hydrogen) atoms. The average molecular weight is 263 g/mol. The number of nitrogens with zero attached hydrogens (tertiary/aromatic N) is 1. The molecule has 0 saturated carbocycles. The second-order valence-electron chi connectivity index (χ2n) is 3.92. The van der Waals surface area contributed by atoms with E-state index in [4.69, 9.17) is 27.9 Å². The fourth-order valence-corrected chi connectivity index (χ4v) is 1.52. The summed E-state index contributed by atoms with van der Waals surface area (Å²) < 4.78 is 5.66. The number of nitrogens with one attached hydrogen (secondary N) is 1. The first-order chi connectivity index (χ1) is 7.45. The number of aromatic nitrogens is 1. The Morgan fingerprint density at radius 3 is 2.38 bits per heavy atom. The Labute approximate surface area is 106 Å². The Morgan fingerprint density at radius 1 is 1.25 bits per heavy atom. The van der Waals surface area contributed by atoms with E-state index in [0.29, 0.717) is 27.7 Å². The standard InChI is InChI=1S/C11H16Cl2N2O/c1-6(2)7(3)16-11-9(13)5-8(12)10(14-4)15-11/h5-7H,1-4H3,(H,14,15). The first-order valence-corrected chi connectivity index (χ1v) is 5.91. The van der Waals surface area contributed by atoms with Gasteiger partial charge in [0, 0.05) is 7.05 Å². The van der Waals surface area contributed by atoms with Crippen molar-refractivity contribution in [1.82, 2.24) is 4.98 Å². The normalized spacial score (nSPS) is 12.7. The van der Waals surface area contributed by atoms with Crippen LogP contribution < -0.4 is 10.1 Å². The molecule has 1 unspecified atom stereocenters.